The smallest absolute Gasteiger partial charge is 0.188 e. The number of rotatable bonds is 8. The van der Waals surface area contributed by atoms with Gasteiger partial charge in [0.25, 0.3) is 0 Å². The first-order chi connectivity index (χ1) is 9.84. The van der Waals surface area contributed by atoms with Crippen LogP contribution in [0, 0.1) is 11.8 Å². The fourth-order valence-electron chi connectivity index (χ4n) is 2.51. The Morgan fingerprint density at radius 2 is 1.95 bits per heavy atom. The maximum Gasteiger partial charge on any atom is 0.188 e. The highest BCUT2D eigenvalue weighted by Crippen LogP contribution is 2.26. The first-order valence-electron chi connectivity index (χ1n) is 8.04. The fourth-order valence-corrected chi connectivity index (χ4v) is 2.51. The van der Waals surface area contributed by atoms with Crippen LogP contribution in [-0.2, 0) is 9.47 Å². The molecule has 5 nitrogen and oxygen atoms in total. The number of nitrogens with two attached hydrogens (primary N) is 1. The van der Waals surface area contributed by atoms with Crippen LogP contribution in [0.2, 0.25) is 0 Å². The molecule has 3 N–H and O–H groups in total. The molecule has 124 valence electrons. The summed E-state index contributed by atoms with van der Waals surface area (Å²) in [6, 6.07) is 0. The van der Waals surface area contributed by atoms with E-state index in [4.69, 9.17) is 15.2 Å². The molecular weight excluding hydrogens is 381 g/mol. The molecule has 2 rings (SSSR count). The van der Waals surface area contributed by atoms with E-state index in [0.717, 1.165) is 64.7 Å². The lowest BCUT2D eigenvalue weighted by Crippen LogP contribution is -2.34. The summed E-state index contributed by atoms with van der Waals surface area (Å²) >= 11 is 0. The zero-order chi connectivity index (χ0) is 14.0. The van der Waals surface area contributed by atoms with E-state index in [2.05, 4.69) is 10.3 Å². The zero-order valence-electron chi connectivity index (χ0n) is 12.9. The minimum Gasteiger partial charge on any atom is -0.381 e. The van der Waals surface area contributed by atoms with E-state index in [1.54, 1.807) is 0 Å². The zero-order valence-corrected chi connectivity index (χ0v) is 15.2. The maximum absolute atomic E-state index is 5.82. The standard InChI is InChI=1S/C15H29N3O2.HI/c16-15(18-11-13-3-1-4-13)17-7-2-8-20-12-14-5-9-19-10-6-14;/h13-14H,1-12H2,(H3,16,17,18);1H. The molecule has 1 aliphatic heterocycles. The predicted octanol–water partition coefficient (Wildman–Crippen LogP) is 2.14. The molecule has 2 aliphatic rings. The summed E-state index contributed by atoms with van der Waals surface area (Å²) in [7, 11) is 0. The van der Waals surface area contributed by atoms with Crippen molar-refractivity contribution in [2.24, 2.45) is 22.6 Å². The second-order valence-electron chi connectivity index (χ2n) is 5.93. The molecule has 1 saturated carbocycles. The van der Waals surface area contributed by atoms with E-state index in [-0.39, 0.29) is 24.0 Å². The highest BCUT2D eigenvalue weighted by atomic mass is 127. The third-order valence-corrected chi connectivity index (χ3v) is 4.21. The molecule has 0 aromatic heterocycles. The first-order valence-corrected chi connectivity index (χ1v) is 8.04. The van der Waals surface area contributed by atoms with Gasteiger partial charge in [0.1, 0.15) is 0 Å². The number of aliphatic imine (C=N–C) groups is 1. The van der Waals surface area contributed by atoms with Crippen LogP contribution < -0.4 is 11.1 Å². The summed E-state index contributed by atoms with van der Waals surface area (Å²) in [4.78, 5) is 4.37. The number of hydrogen-bond donors (Lipinski definition) is 2. The third kappa shape index (κ3) is 8.21. The molecule has 0 bridgehead atoms. The minimum atomic E-state index is 0. The quantitative estimate of drug-likeness (QED) is 0.278. The van der Waals surface area contributed by atoms with Crippen LogP contribution in [0.3, 0.4) is 0 Å². The number of nitrogens with one attached hydrogen (secondary N) is 1. The number of guanidine groups is 1. The van der Waals surface area contributed by atoms with Crippen molar-refractivity contribution >= 4 is 29.9 Å². The van der Waals surface area contributed by atoms with Gasteiger partial charge >= 0.3 is 0 Å². The minimum absolute atomic E-state index is 0. The highest BCUT2D eigenvalue weighted by Gasteiger charge is 2.16. The van der Waals surface area contributed by atoms with Gasteiger partial charge in [-0.2, -0.15) is 0 Å². The Labute approximate surface area is 145 Å². The van der Waals surface area contributed by atoms with Crippen molar-refractivity contribution < 1.29 is 9.47 Å². The first kappa shape index (κ1) is 19.0. The van der Waals surface area contributed by atoms with Crippen LogP contribution in [0.4, 0.5) is 0 Å². The van der Waals surface area contributed by atoms with Gasteiger partial charge in [0.2, 0.25) is 0 Å². The van der Waals surface area contributed by atoms with Gasteiger partial charge in [-0.05, 0) is 43.9 Å². The predicted molar refractivity (Wildman–Crippen MR) is 96.2 cm³/mol. The van der Waals surface area contributed by atoms with Gasteiger partial charge in [0.05, 0.1) is 0 Å². The van der Waals surface area contributed by atoms with E-state index >= 15 is 0 Å². The van der Waals surface area contributed by atoms with Gasteiger partial charge in [0, 0.05) is 39.5 Å². The second kappa shape index (κ2) is 11.5. The summed E-state index contributed by atoms with van der Waals surface area (Å²) in [5.74, 6) is 2.05. The van der Waals surface area contributed by atoms with Crippen LogP contribution in [0.5, 0.6) is 0 Å². The summed E-state index contributed by atoms with van der Waals surface area (Å²) < 4.78 is 11.0. The van der Waals surface area contributed by atoms with E-state index in [1.165, 1.54) is 19.3 Å². The monoisotopic (exact) mass is 411 g/mol. The van der Waals surface area contributed by atoms with Crippen LogP contribution in [-0.4, -0.2) is 45.5 Å². The molecule has 0 radical (unpaired) electrons. The maximum atomic E-state index is 5.82. The van der Waals surface area contributed by atoms with Gasteiger partial charge in [-0.1, -0.05) is 6.42 Å². The normalized spacial score (nSPS) is 20.7. The second-order valence-corrected chi connectivity index (χ2v) is 5.93. The van der Waals surface area contributed by atoms with Crippen LogP contribution in [0.25, 0.3) is 0 Å². The Hall–Kier alpha value is -0.0800. The SMILES string of the molecule is I.NC(=NCC1CCC1)NCCCOCC1CCOCC1. The van der Waals surface area contributed by atoms with Gasteiger partial charge in [-0.3, -0.25) is 4.99 Å². The van der Waals surface area contributed by atoms with Crippen LogP contribution in [0.1, 0.15) is 38.5 Å². The Morgan fingerprint density at radius 3 is 2.62 bits per heavy atom. The average molecular weight is 411 g/mol. The van der Waals surface area contributed by atoms with Crippen molar-refractivity contribution in [3.8, 4) is 0 Å². The van der Waals surface area contributed by atoms with Crippen molar-refractivity contribution in [2.45, 2.75) is 38.5 Å². The molecule has 0 spiro atoms. The molecule has 0 atom stereocenters. The van der Waals surface area contributed by atoms with Crippen molar-refractivity contribution in [3.63, 3.8) is 0 Å². The lowest BCUT2D eigenvalue weighted by atomic mass is 9.86. The molecule has 21 heavy (non-hydrogen) atoms. The van der Waals surface area contributed by atoms with Crippen molar-refractivity contribution in [2.75, 3.05) is 39.5 Å². The lowest BCUT2D eigenvalue weighted by molar-refractivity contribution is 0.0203. The molecule has 0 aromatic rings. The number of nitrogens with zero attached hydrogens (tertiary/aromatic N) is 1. The molecule has 1 saturated heterocycles. The Morgan fingerprint density at radius 1 is 1.19 bits per heavy atom. The Bertz CT molecular complexity index is 293. The molecule has 1 aliphatic carbocycles. The van der Waals surface area contributed by atoms with Gasteiger partial charge in [0.15, 0.2) is 5.96 Å². The summed E-state index contributed by atoms with van der Waals surface area (Å²) in [6.07, 6.45) is 7.24. The van der Waals surface area contributed by atoms with Crippen molar-refractivity contribution in [3.05, 3.63) is 0 Å². The summed E-state index contributed by atoms with van der Waals surface area (Å²) in [5.41, 5.74) is 5.82. The number of ether oxygens (including phenoxy) is 2. The lowest BCUT2D eigenvalue weighted by Gasteiger charge is -2.23. The summed E-state index contributed by atoms with van der Waals surface area (Å²) in [5, 5.41) is 3.15. The van der Waals surface area contributed by atoms with Crippen molar-refractivity contribution in [1.29, 1.82) is 0 Å². The molecule has 0 amide bonds. The van der Waals surface area contributed by atoms with Crippen molar-refractivity contribution in [1.82, 2.24) is 5.32 Å². The van der Waals surface area contributed by atoms with Gasteiger partial charge in [-0.25, -0.2) is 0 Å². The molecule has 0 aromatic carbocycles. The molecule has 2 fully saturated rings. The van der Waals surface area contributed by atoms with Gasteiger partial charge in [-0.15, -0.1) is 24.0 Å². The van der Waals surface area contributed by atoms with E-state index in [0.29, 0.717) is 11.9 Å². The highest BCUT2D eigenvalue weighted by molar-refractivity contribution is 14.0. The molecular formula is C15H30IN3O2. The average Bonchev–Trinajstić information content (AvgIpc) is 2.42. The van der Waals surface area contributed by atoms with Crippen LogP contribution >= 0.6 is 24.0 Å². The molecule has 0 unspecified atom stereocenters. The fraction of sp³-hybridized carbons (Fsp3) is 0.933. The van der Waals surface area contributed by atoms with E-state index in [1.807, 2.05) is 0 Å². The third-order valence-electron chi connectivity index (χ3n) is 4.21. The number of halogens is 1. The van der Waals surface area contributed by atoms with Crippen LogP contribution in [0.15, 0.2) is 4.99 Å². The molecule has 1 heterocycles. The van der Waals surface area contributed by atoms with E-state index in [9.17, 15) is 0 Å². The summed E-state index contributed by atoms with van der Waals surface area (Å²) in [6.45, 7) is 5.18. The largest absolute Gasteiger partial charge is 0.381 e. The molecule has 6 heteroatoms. The van der Waals surface area contributed by atoms with Gasteiger partial charge < -0.3 is 20.5 Å². The van der Waals surface area contributed by atoms with E-state index < -0.39 is 0 Å². The Kier molecular flexibility index (Phi) is 10.4. The topological polar surface area (TPSA) is 68.9 Å². The Balaban J connectivity index is 0.00000220. The number of hydrogen-bond acceptors (Lipinski definition) is 3.